The zero-order valence-electron chi connectivity index (χ0n) is 11.2. The zero-order valence-corrected chi connectivity index (χ0v) is 11.2. The molecule has 0 spiro atoms. The molecule has 2 rings (SSSR count). The molecular weight excluding hydrogens is 241 g/mol. The third kappa shape index (κ3) is 4.28. The Morgan fingerprint density at radius 1 is 1.16 bits per heavy atom. The maximum Gasteiger partial charge on any atom is 0.123 e. The molecule has 1 atom stereocenters. The largest absolute Gasteiger partial charge is 0.489 e. The lowest BCUT2D eigenvalue weighted by Crippen LogP contribution is -2.22. The molecule has 0 amide bonds. The summed E-state index contributed by atoms with van der Waals surface area (Å²) >= 11 is 0. The number of anilines is 1. The van der Waals surface area contributed by atoms with Crippen LogP contribution in [0.25, 0.3) is 0 Å². The quantitative estimate of drug-likeness (QED) is 0.875. The van der Waals surface area contributed by atoms with E-state index in [0.29, 0.717) is 6.54 Å². The molecule has 0 aliphatic carbocycles. The molecule has 0 fully saturated rings. The van der Waals surface area contributed by atoms with Gasteiger partial charge in [0.05, 0.1) is 6.54 Å². The Morgan fingerprint density at radius 3 is 2.58 bits per heavy atom. The van der Waals surface area contributed by atoms with Gasteiger partial charge < -0.3 is 10.1 Å². The van der Waals surface area contributed by atoms with Crippen LogP contribution >= 0.6 is 0 Å². The van der Waals surface area contributed by atoms with E-state index >= 15 is 0 Å². The first-order valence-electron chi connectivity index (χ1n) is 6.36. The molecule has 0 bridgehead atoms. The molecule has 0 saturated heterocycles. The van der Waals surface area contributed by atoms with Crippen LogP contribution in [0.15, 0.2) is 48.5 Å². The Labute approximate surface area is 113 Å². The molecule has 3 heteroatoms. The van der Waals surface area contributed by atoms with Crippen molar-refractivity contribution >= 4 is 5.69 Å². The van der Waals surface area contributed by atoms with Crippen molar-refractivity contribution in [2.24, 2.45) is 0 Å². The predicted molar refractivity (Wildman–Crippen MR) is 76.2 cm³/mol. The van der Waals surface area contributed by atoms with Crippen molar-refractivity contribution in [1.82, 2.24) is 0 Å². The minimum absolute atomic E-state index is 0.0341. The SMILES string of the molecule is Cc1cccc(OC(C)CNc2ccc(F)cc2)c1. The highest BCUT2D eigenvalue weighted by Gasteiger charge is 2.04. The van der Waals surface area contributed by atoms with Gasteiger partial charge in [0.15, 0.2) is 0 Å². The van der Waals surface area contributed by atoms with Crippen molar-refractivity contribution in [3.63, 3.8) is 0 Å². The van der Waals surface area contributed by atoms with Crippen LogP contribution in [0.3, 0.4) is 0 Å². The van der Waals surface area contributed by atoms with Gasteiger partial charge in [0.1, 0.15) is 17.7 Å². The number of aryl methyl sites for hydroxylation is 1. The number of benzene rings is 2. The van der Waals surface area contributed by atoms with Crippen molar-refractivity contribution in [1.29, 1.82) is 0 Å². The van der Waals surface area contributed by atoms with Gasteiger partial charge in [0.25, 0.3) is 0 Å². The van der Waals surface area contributed by atoms with Crippen molar-refractivity contribution in [2.45, 2.75) is 20.0 Å². The van der Waals surface area contributed by atoms with Gasteiger partial charge >= 0.3 is 0 Å². The van der Waals surface area contributed by atoms with Gasteiger partial charge in [0, 0.05) is 5.69 Å². The van der Waals surface area contributed by atoms with Crippen LogP contribution in [0.1, 0.15) is 12.5 Å². The summed E-state index contributed by atoms with van der Waals surface area (Å²) < 4.78 is 18.6. The molecule has 0 aromatic heterocycles. The summed E-state index contributed by atoms with van der Waals surface area (Å²) in [6.45, 7) is 4.70. The standard InChI is InChI=1S/C16H18FNO/c1-12-4-3-5-16(10-12)19-13(2)11-18-15-8-6-14(17)7-9-15/h3-10,13,18H,11H2,1-2H3. The van der Waals surface area contributed by atoms with E-state index in [4.69, 9.17) is 4.74 Å². The summed E-state index contributed by atoms with van der Waals surface area (Å²) in [4.78, 5) is 0. The Bertz CT molecular complexity index is 525. The molecule has 0 saturated carbocycles. The molecule has 2 aromatic rings. The summed E-state index contributed by atoms with van der Waals surface area (Å²) in [5.41, 5.74) is 2.07. The number of ether oxygens (including phenoxy) is 1. The Kier molecular flexibility index (Phi) is 4.39. The molecule has 0 radical (unpaired) electrons. The molecule has 19 heavy (non-hydrogen) atoms. The van der Waals surface area contributed by atoms with Crippen LogP contribution in [0.5, 0.6) is 5.75 Å². The minimum Gasteiger partial charge on any atom is -0.489 e. The highest BCUT2D eigenvalue weighted by molar-refractivity contribution is 5.42. The fourth-order valence-electron chi connectivity index (χ4n) is 1.79. The lowest BCUT2D eigenvalue weighted by atomic mass is 10.2. The van der Waals surface area contributed by atoms with E-state index in [9.17, 15) is 4.39 Å². The second-order valence-electron chi connectivity index (χ2n) is 4.63. The lowest BCUT2D eigenvalue weighted by Gasteiger charge is -2.16. The number of rotatable bonds is 5. The minimum atomic E-state index is -0.227. The summed E-state index contributed by atoms with van der Waals surface area (Å²) in [5.74, 6) is 0.642. The molecule has 1 unspecified atom stereocenters. The van der Waals surface area contributed by atoms with E-state index in [-0.39, 0.29) is 11.9 Å². The Hall–Kier alpha value is -2.03. The van der Waals surface area contributed by atoms with Crippen LogP contribution in [-0.2, 0) is 0 Å². The number of hydrogen-bond donors (Lipinski definition) is 1. The molecule has 2 nitrogen and oxygen atoms in total. The highest BCUT2D eigenvalue weighted by atomic mass is 19.1. The molecular formula is C16H18FNO. The van der Waals surface area contributed by atoms with Crippen LogP contribution in [0, 0.1) is 12.7 Å². The first kappa shape index (κ1) is 13.4. The van der Waals surface area contributed by atoms with Crippen molar-refractivity contribution in [3.8, 4) is 5.75 Å². The van der Waals surface area contributed by atoms with E-state index in [1.54, 1.807) is 12.1 Å². The fraction of sp³-hybridized carbons (Fsp3) is 0.250. The molecule has 0 aliphatic rings. The van der Waals surface area contributed by atoms with Gasteiger partial charge in [-0.05, 0) is 55.8 Å². The Morgan fingerprint density at radius 2 is 1.89 bits per heavy atom. The highest BCUT2D eigenvalue weighted by Crippen LogP contribution is 2.15. The van der Waals surface area contributed by atoms with Gasteiger partial charge in [-0.25, -0.2) is 4.39 Å². The molecule has 100 valence electrons. The van der Waals surface area contributed by atoms with Crippen LogP contribution in [0.4, 0.5) is 10.1 Å². The Balaban J connectivity index is 1.84. The number of nitrogens with one attached hydrogen (secondary N) is 1. The van der Waals surface area contributed by atoms with Crippen molar-refractivity contribution < 1.29 is 9.13 Å². The van der Waals surface area contributed by atoms with Gasteiger partial charge in [-0.3, -0.25) is 0 Å². The average molecular weight is 259 g/mol. The van der Waals surface area contributed by atoms with Crippen molar-refractivity contribution in [3.05, 3.63) is 59.9 Å². The monoisotopic (exact) mass is 259 g/mol. The van der Waals surface area contributed by atoms with E-state index in [0.717, 1.165) is 11.4 Å². The van der Waals surface area contributed by atoms with E-state index < -0.39 is 0 Å². The maximum atomic E-state index is 12.8. The van der Waals surface area contributed by atoms with Gasteiger partial charge in [0.2, 0.25) is 0 Å². The van der Waals surface area contributed by atoms with Crippen LogP contribution < -0.4 is 10.1 Å². The third-order valence-electron chi connectivity index (χ3n) is 2.76. The number of hydrogen-bond acceptors (Lipinski definition) is 2. The van der Waals surface area contributed by atoms with Gasteiger partial charge in [-0.2, -0.15) is 0 Å². The smallest absolute Gasteiger partial charge is 0.123 e. The van der Waals surface area contributed by atoms with Crippen LogP contribution in [-0.4, -0.2) is 12.6 Å². The topological polar surface area (TPSA) is 21.3 Å². The van der Waals surface area contributed by atoms with Gasteiger partial charge in [-0.1, -0.05) is 12.1 Å². The first-order valence-corrected chi connectivity index (χ1v) is 6.36. The van der Waals surface area contributed by atoms with Gasteiger partial charge in [-0.15, -0.1) is 0 Å². The van der Waals surface area contributed by atoms with E-state index in [1.165, 1.54) is 17.7 Å². The lowest BCUT2D eigenvalue weighted by molar-refractivity contribution is 0.234. The normalized spacial score (nSPS) is 11.9. The summed E-state index contributed by atoms with van der Waals surface area (Å²) in [7, 11) is 0. The second-order valence-corrected chi connectivity index (χ2v) is 4.63. The fourth-order valence-corrected chi connectivity index (χ4v) is 1.79. The molecule has 1 N–H and O–H groups in total. The first-order chi connectivity index (χ1) is 9.13. The molecule has 2 aromatic carbocycles. The summed E-state index contributed by atoms with van der Waals surface area (Å²) in [6.07, 6.45) is 0.0341. The van der Waals surface area contributed by atoms with E-state index in [1.807, 2.05) is 38.1 Å². The average Bonchev–Trinajstić information content (AvgIpc) is 2.38. The molecule has 0 aliphatic heterocycles. The zero-order chi connectivity index (χ0) is 13.7. The summed E-state index contributed by atoms with van der Waals surface area (Å²) in [6, 6.07) is 14.3. The van der Waals surface area contributed by atoms with Crippen molar-refractivity contribution in [2.75, 3.05) is 11.9 Å². The van der Waals surface area contributed by atoms with E-state index in [2.05, 4.69) is 5.32 Å². The van der Waals surface area contributed by atoms with Crippen LogP contribution in [0.2, 0.25) is 0 Å². The third-order valence-corrected chi connectivity index (χ3v) is 2.76. The maximum absolute atomic E-state index is 12.8. The summed E-state index contributed by atoms with van der Waals surface area (Å²) in [5, 5.41) is 3.21. The number of halogens is 1. The molecule has 0 heterocycles. The predicted octanol–water partition coefficient (Wildman–Crippen LogP) is 4.01. The second kappa shape index (κ2) is 6.23.